The summed E-state index contributed by atoms with van der Waals surface area (Å²) in [7, 11) is -3.94. The SMILES string of the molecule is O=S(=O)(c1ccc(Br)cc1F)c1ccccc1Cl. The molecule has 18 heavy (non-hydrogen) atoms. The van der Waals surface area contributed by atoms with E-state index in [0.717, 1.165) is 6.07 Å². The van der Waals surface area contributed by atoms with Gasteiger partial charge in [-0.1, -0.05) is 39.7 Å². The molecule has 2 aromatic carbocycles. The topological polar surface area (TPSA) is 34.1 Å². The molecule has 0 radical (unpaired) electrons. The molecule has 0 atom stereocenters. The van der Waals surface area contributed by atoms with Crippen molar-refractivity contribution in [3.05, 3.63) is 57.8 Å². The second kappa shape index (κ2) is 4.99. The van der Waals surface area contributed by atoms with E-state index in [0.29, 0.717) is 4.47 Å². The highest BCUT2D eigenvalue weighted by molar-refractivity contribution is 9.10. The summed E-state index contributed by atoms with van der Waals surface area (Å²) >= 11 is 8.90. The van der Waals surface area contributed by atoms with E-state index in [1.54, 1.807) is 6.07 Å². The smallest absolute Gasteiger partial charge is 0.210 e. The first-order valence-electron chi connectivity index (χ1n) is 4.87. The van der Waals surface area contributed by atoms with E-state index in [1.807, 2.05) is 0 Å². The first-order chi connectivity index (χ1) is 8.43. The Morgan fingerprint density at radius 3 is 2.33 bits per heavy atom. The van der Waals surface area contributed by atoms with Gasteiger partial charge in [0.05, 0.1) is 9.92 Å². The zero-order chi connectivity index (χ0) is 13.3. The zero-order valence-electron chi connectivity index (χ0n) is 8.90. The minimum atomic E-state index is -3.94. The minimum Gasteiger partial charge on any atom is -0.218 e. The van der Waals surface area contributed by atoms with Gasteiger partial charge in [0, 0.05) is 4.47 Å². The Kier molecular flexibility index (Phi) is 3.75. The predicted octanol–water partition coefficient (Wildman–Crippen LogP) is 4.07. The average molecular weight is 350 g/mol. The molecule has 0 bridgehead atoms. The van der Waals surface area contributed by atoms with E-state index < -0.39 is 15.7 Å². The molecule has 0 saturated heterocycles. The number of sulfone groups is 1. The molecule has 0 unspecified atom stereocenters. The van der Waals surface area contributed by atoms with E-state index in [-0.39, 0.29) is 14.8 Å². The summed E-state index contributed by atoms with van der Waals surface area (Å²) in [5, 5.41) is 0.0693. The van der Waals surface area contributed by atoms with Crippen molar-refractivity contribution < 1.29 is 12.8 Å². The predicted molar refractivity (Wildman–Crippen MR) is 71.0 cm³/mol. The van der Waals surface area contributed by atoms with Crippen LogP contribution in [0.2, 0.25) is 5.02 Å². The number of hydrogen-bond donors (Lipinski definition) is 0. The fraction of sp³-hybridized carbons (Fsp3) is 0. The van der Waals surface area contributed by atoms with Crippen molar-refractivity contribution in [3.8, 4) is 0 Å². The van der Waals surface area contributed by atoms with Crippen molar-refractivity contribution in [2.24, 2.45) is 0 Å². The van der Waals surface area contributed by atoms with Crippen LogP contribution in [0.5, 0.6) is 0 Å². The molecule has 0 heterocycles. The van der Waals surface area contributed by atoms with E-state index in [4.69, 9.17) is 11.6 Å². The van der Waals surface area contributed by atoms with Crippen LogP contribution in [0.3, 0.4) is 0 Å². The Hall–Kier alpha value is -0.910. The third-order valence-corrected chi connectivity index (χ3v) is 5.09. The maximum absolute atomic E-state index is 13.7. The molecule has 0 aliphatic heterocycles. The summed E-state index contributed by atoms with van der Waals surface area (Å²) in [6, 6.07) is 9.72. The van der Waals surface area contributed by atoms with Gasteiger partial charge in [-0.3, -0.25) is 0 Å². The van der Waals surface area contributed by atoms with Gasteiger partial charge < -0.3 is 0 Å². The number of halogens is 3. The van der Waals surface area contributed by atoms with Crippen molar-refractivity contribution in [2.75, 3.05) is 0 Å². The number of benzene rings is 2. The van der Waals surface area contributed by atoms with Crippen LogP contribution in [0.25, 0.3) is 0 Å². The Morgan fingerprint density at radius 2 is 1.72 bits per heavy atom. The molecule has 2 nitrogen and oxygen atoms in total. The number of hydrogen-bond acceptors (Lipinski definition) is 2. The summed E-state index contributed by atoms with van der Waals surface area (Å²) in [6.45, 7) is 0. The summed E-state index contributed by atoms with van der Waals surface area (Å²) in [6.07, 6.45) is 0. The third kappa shape index (κ3) is 2.43. The summed E-state index contributed by atoms with van der Waals surface area (Å²) < 4.78 is 38.7. The van der Waals surface area contributed by atoms with Crippen LogP contribution in [-0.2, 0) is 9.84 Å². The van der Waals surface area contributed by atoms with Gasteiger partial charge in [-0.05, 0) is 30.3 Å². The van der Waals surface area contributed by atoms with Gasteiger partial charge in [0.1, 0.15) is 10.7 Å². The zero-order valence-corrected chi connectivity index (χ0v) is 12.1. The van der Waals surface area contributed by atoms with Crippen LogP contribution in [0.4, 0.5) is 4.39 Å². The largest absolute Gasteiger partial charge is 0.218 e. The lowest BCUT2D eigenvalue weighted by atomic mass is 10.3. The Morgan fingerprint density at radius 1 is 1.06 bits per heavy atom. The molecule has 0 aliphatic rings. The van der Waals surface area contributed by atoms with Crippen LogP contribution in [0, 0.1) is 5.82 Å². The van der Waals surface area contributed by atoms with Crippen LogP contribution < -0.4 is 0 Å². The van der Waals surface area contributed by atoms with Crippen LogP contribution in [0.1, 0.15) is 0 Å². The molecule has 0 saturated carbocycles. The van der Waals surface area contributed by atoms with Crippen LogP contribution in [0.15, 0.2) is 56.7 Å². The lowest BCUT2D eigenvalue weighted by Crippen LogP contribution is -2.05. The van der Waals surface area contributed by atoms with E-state index in [2.05, 4.69) is 15.9 Å². The van der Waals surface area contributed by atoms with Gasteiger partial charge in [-0.15, -0.1) is 0 Å². The van der Waals surface area contributed by atoms with Gasteiger partial charge in [-0.25, -0.2) is 12.8 Å². The van der Waals surface area contributed by atoms with Crippen LogP contribution >= 0.6 is 27.5 Å². The summed E-state index contributed by atoms with van der Waals surface area (Å²) in [5.41, 5.74) is 0. The maximum Gasteiger partial charge on any atom is 0.210 e. The maximum atomic E-state index is 13.7. The molecule has 0 aromatic heterocycles. The van der Waals surface area contributed by atoms with Gasteiger partial charge >= 0.3 is 0 Å². The molecule has 0 spiro atoms. The van der Waals surface area contributed by atoms with E-state index in [1.165, 1.54) is 30.3 Å². The Labute approximate surface area is 117 Å². The molecular weight excluding hydrogens is 343 g/mol. The normalized spacial score (nSPS) is 11.5. The molecule has 6 heteroatoms. The van der Waals surface area contributed by atoms with Crippen molar-refractivity contribution in [3.63, 3.8) is 0 Å². The molecule has 0 amide bonds. The number of rotatable bonds is 2. The molecule has 2 rings (SSSR count). The second-order valence-corrected chi connectivity index (χ2v) is 6.72. The van der Waals surface area contributed by atoms with Crippen molar-refractivity contribution >= 4 is 37.4 Å². The molecule has 94 valence electrons. The van der Waals surface area contributed by atoms with E-state index >= 15 is 0 Å². The lowest BCUT2D eigenvalue weighted by Gasteiger charge is -2.07. The molecule has 0 fully saturated rings. The summed E-state index contributed by atoms with van der Waals surface area (Å²) in [4.78, 5) is -0.494. The van der Waals surface area contributed by atoms with Gasteiger partial charge in [0.25, 0.3) is 0 Å². The van der Waals surface area contributed by atoms with Crippen molar-refractivity contribution in [2.45, 2.75) is 9.79 Å². The lowest BCUT2D eigenvalue weighted by molar-refractivity contribution is 0.566. The quantitative estimate of drug-likeness (QED) is 0.819. The van der Waals surface area contributed by atoms with E-state index in [9.17, 15) is 12.8 Å². The third-order valence-electron chi connectivity index (χ3n) is 2.31. The van der Waals surface area contributed by atoms with Crippen LogP contribution in [-0.4, -0.2) is 8.42 Å². The highest BCUT2D eigenvalue weighted by Gasteiger charge is 2.23. The second-order valence-electron chi connectivity index (χ2n) is 3.51. The fourth-order valence-corrected chi connectivity index (χ4v) is 3.63. The highest BCUT2D eigenvalue weighted by Crippen LogP contribution is 2.29. The first-order valence-corrected chi connectivity index (χ1v) is 7.53. The van der Waals surface area contributed by atoms with Crippen molar-refractivity contribution in [1.29, 1.82) is 0 Å². The molecule has 0 N–H and O–H groups in total. The van der Waals surface area contributed by atoms with Gasteiger partial charge in [-0.2, -0.15) is 0 Å². The van der Waals surface area contributed by atoms with Gasteiger partial charge in [0.15, 0.2) is 0 Å². The standard InChI is InChI=1S/C12H7BrClFO2S/c13-8-5-6-12(10(15)7-8)18(16,17)11-4-2-1-3-9(11)14/h1-7H. The average Bonchev–Trinajstić information content (AvgIpc) is 2.28. The minimum absolute atomic E-state index is 0.0693. The Balaban J connectivity index is 2.66. The first kappa shape index (κ1) is 13.5. The fourth-order valence-electron chi connectivity index (χ4n) is 1.47. The molecule has 0 aliphatic carbocycles. The molecule has 2 aromatic rings. The Bertz CT molecular complexity index is 701. The monoisotopic (exact) mass is 348 g/mol. The van der Waals surface area contributed by atoms with Gasteiger partial charge in [0.2, 0.25) is 9.84 Å². The molecular formula is C12H7BrClFO2S. The van der Waals surface area contributed by atoms with Crippen molar-refractivity contribution in [1.82, 2.24) is 0 Å². The summed E-state index contributed by atoms with van der Waals surface area (Å²) in [5.74, 6) is -0.815. The highest BCUT2D eigenvalue weighted by atomic mass is 79.9.